The summed E-state index contributed by atoms with van der Waals surface area (Å²) >= 11 is 0. The van der Waals surface area contributed by atoms with Gasteiger partial charge in [0.05, 0.1) is 0 Å². The van der Waals surface area contributed by atoms with E-state index in [0.717, 1.165) is 24.5 Å². The average Bonchev–Trinajstić information content (AvgIpc) is 2.64. The summed E-state index contributed by atoms with van der Waals surface area (Å²) < 4.78 is 0. The van der Waals surface area contributed by atoms with E-state index in [1.165, 1.54) is 51.6 Å². The quantitative estimate of drug-likeness (QED) is 0.330. The standard InChI is InChI=1S/C21H41N5O.HI/c1-16(2)14-22-21(23-15-20(27)25(4)5)24-18-6-8-19(9-7-18)26-12-10-17(3)11-13-26;/h16-19H,6-15H2,1-5H3,(H2,22,23,24);1H. The van der Waals surface area contributed by atoms with Gasteiger partial charge in [0, 0.05) is 32.7 Å². The van der Waals surface area contributed by atoms with E-state index in [2.05, 4.69) is 41.3 Å². The maximum absolute atomic E-state index is 11.9. The van der Waals surface area contributed by atoms with Crippen LogP contribution in [0.25, 0.3) is 0 Å². The molecule has 1 heterocycles. The van der Waals surface area contributed by atoms with Gasteiger partial charge in [-0.3, -0.25) is 4.79 Å². The molecule has 1 amide bonds. The Bertz CT molecular complexity index is 481. The summed E-state index contributed by atoms with van der Waals surface area (Å²) in [5.41, 5.74) is 0. The Hall–Kier alpha value is -0.570. The largest absolute Gasteiger partial charge is 0.356 e. The van der Waals surface area contributed by atoms with Crippen molar-refractivity contribution in [3.8, 4) is 0 Å². The van der Waals surface area contributed by atoms with Gasteiger partial charge in [-0.05, 0) is 63.5 Å². The minimum Gasteiger partial charge on any atom is -0.356 e. The van der Waals surface area contributed by atoms with E-state index in [1.807, 2.05) is 0 Å². The summed E-state index contributed by atoms with van der Waals surface area (Å²) in [6.07, 6.45) is 7.60. The zero-order chi connectivity index (χ0) is 19.8. The summed E-state index contributed by atoms with van der Waals surface area (Å²) in [5, 5.41) is 6.98. The summed E-state index contributed by atoms with van der Waals surface area (Å²) in [6.45, 7) is 10.4. The van der Waals surface area contributed by atoms with Crippen LogP contribution in [0.1, 0.15) is 59.3 Å². The smallest absolute Gasteiger partial charge is 0.243 e. The van der Waals surface area contributed by atoms with Gasteiger partial charge in [-0.25, -0.2) is 4.99 Å². The molecule has 2 N–H and O–H groups in total. The zero-order valence-electron chi connectivity index (χ0n) is 18.5. The van der Waals surface area contributed by atoms with E-state index >= 15 is 0 Å². The molecule has 1 saturated carbocycles. The minimum atomic E-state index is 0. The number of likely N-dealkylation sites (tertiary alicyclic amines) is 1. The normalized spacial score (nSPS) is 24.6. The molecular weight excluding hydrogens is 465 g/mol. The molecule has 0 aromatic rings. The van der Waals surface area contributed by atoms with E-state index in [1.54, 1.807) is 19.0 Å². The number of aliphatic imine (C=N–C) groups is 1. The molecule has 1 saturated heterocycles. The monoisotopic (exact) mass is 507 g/mol. The lowest BCUT2D eigenvalue weighted by molar-refractivity contribution is -0.127. The van der Waals surface area contributed by atoms with Crippen LogP contribution < -0.4 is 10.6 Å². The molecule has 2 fully saturated rings. The average molecular weight is 508 g/mol. The predicted octanol–water partition coefficient (Wildman–Crippen LogP) is 2.93. The van der Waals surface area contributed by atoms with Gasteiger partial charge in [0.25, 0.3) is 0 Å². The fourth-order valence-electron chi connectivity index (χ4n) is 3.91. The highest BCUT2D eigenvalue weighted by atomic mass is 127. The molecule has 0 aromatic heterocycles. The number of amides is 1. The van der Waals surface area contributed by atoms with E-state index in [9.17, 15) is 4.79 Å². The second-order valence-electron chi connectivity index (χ2n) is 9.10. The maximum Gasteiger partial charge on any atom is 0.243 e. The van der Waals surface area contributed by atoms with Crippen LogP contribution in [0.4, 0.5) is 0 Å². The molecule has 0 aromatic carbocycles. The van der Waals surface area contributed by atoms with Crippen molar-refractivity contribution < 1.29 is 4.79 Å². The third-order valence-electron chi connectivity index (χ3n) is 5.92. The molecule has 28 heavy (non-hydrogen) atoms. The van der Waals surface area contributed by atoms with Crippen LogP contribution >= 0.6 is 24.0 Å². The lowest BCUT2D eigenvalue weighted by Crippen LogP contribution is -2.49. The molecule has 2 aliphatic rings. The lowest BCUT2D eigenvalue weighted by atomic mass is 9.88. The molecule has 7 heteroatoms. The van der Waals surface area contributed by atoms with E-state index in [0.29, 0.717) is 12.0 Å². The SMILES string of the molecule is CC(C)CNC(=NCC(=O)N(C)C)NC1CCC(N2CCC(C)CC2)CC1.I. The lowest BCUT2D eigenvalue weighted by Gasteiger charge is -2.40. The van der Waals surface area contributed by atoms with Crippen molar-refractivity contribution in [3.63, 3.8) is 0 Å². The van der Waals surface area contributed by atoms with Crippen molar-refractivity contribution in [3.05, 3.63) is 0 Å². The van der Waals surface area contributed by atoms with Gasteiger partial charge in [-0.15, -0.1) is 24.0 Å². The second kappa shape index (κ2) is 12.9. The summed E-state index contributed by atoms with van der Waals surface area (Å²) in [7, 11) is 3.55. The van der Waals surface area contributed by atoms with Gasteiger partial charge in [-0.2, -0.15) is 0 Å². The first-order valence-corrected chi connectivity index (χ1v) is 10.8. The summed E-state index contributed by atoms with van der Waals surface area (Å²) in [4.78, 5) is 20.7. The van der Waals surface area contributed by atoms with Crippen molar-refractivity contribution in [1.82, 2.24) is 20.4 Å². The highest BCUT2D eigenvalue weighted by Crippen LogP contribution is 2.27. The molecule has 0 spiro atoms. The highest BCUT2D eigenvalue weighted by molar-refractivity contribution is 14.0. The number of guanidine groups is 1. The Morgan fingerprint density at radius 2 is 1.71 bits per heavy atom. The molecule has 164 valence electrons. The van der Waals surface area contributed by atoms with Crippen LogP contribution in [-0.4, -0.2) is 74.0 Å². The van der Waals surface area contributed by atoms with Crippen LogP contribution in [0, 0.1) is 11.8 Å². The van der Waals surface area contributed by atoms with Gasteiger partial charge in [0.1, 0.15) is 6.54 Å². The van der Waals surface area contributed by atoms with Crippen molar-refractivity contribution in [2.24, 2.45) is 16.8 Å². The van der Waals surface area contributed by atoms with Crippen LogP contribution in [0.2, 0.25) is 0 Å². The van der Waals surface area contributed by atoms with Gasteiger partial charge in [0.2, 0.25) is 5.91 Å². The third-order valence-corrected chi connectivity index (χ3v) is 5.92. The van der Waals surface area contributed by atoms with Gasteiger partial charge in [0.15, 0.2) is 5.96 Å². The van der Waals surface area contributed by atoms with Crippen molar-refractivity contribution in [1.29, 1.82) is 0 Å². The van der Waals surface area contributed by atoms with E-state index in [-0.39, 0.29) is 36.4 Å². The number of nitrogens with zero attached hydrogens (tertiary/aromatic N) is 3. The Labute approximate surface area is 189 Å². The van der Waals surface area contributed by atoms with Crippen LogP contribution in [-0.2, 0) is 4.79 Å². The first-order valence-electron chi connectivity index (χ1n) is 10.8. The Balaban J connectivity index is 0.00000392. The number of carbonyl (C=O) groups excluding carboxylic acids is 1. The van der Waals surface area contributed by atoms with Crippen LogP contribution in [0.5, 0.6) is 0 Å². The first-order chi connectivity index (χ1) is 12.8. The second-order valence-corrected chi connectivity index (χ2v) is 9.10. The molecule has 0 unspecified atom stereocenters. The van der Waals surface area contributed by atoms with Crippen molar-refractivity contribution in [2.45, 2.75) is 71.4 Å². The van der Waals surface area contributed by atoms with Gasteiger partial charge < -0.3 is 20.4 Å². The molecule has 1 aliphatic carbocycles. The van der Waals surface area contributed by atoms with Gasteiger partial charge in [-0.1, -0.05) is 20.8 Å². The third kappa shape index (κ3) is 8.84. The summed E-state index contributed by atoms with van der Waals surface area (Å²) in [6, 6.07) is 1.22. The number of carbonyl (C=O) groups is 1. The number of rotatable bonds is 6. The molecule has 6 nitrogen and oxygen atoms in total. The molecule has 0 radical (unpaired) electrons. The van der Waals surface area contributed by atoms with Crippen molar-refractivity contribution >= 4 is 35.8 Å². The van der Waals surface area contributed by atoms with E-state index in [4.69, 9.17) is 0 Å². The fraction of sp³-hybridized carbons (Fsp3) is 0.905. The number of piperidine rings is 1. The van der Waals surface area contributed by atoms with Crippen LogP contribution in [0.15, 0.2) is 4.99 Å². The maximum atomic E-state index is 11.9. The molecule has 0 atom stereocenters. The number of hydrogen-bond donors (Lipinski definition) is 2. The Morgan fingerprint density at radius 3 is 2.25 bits per heavy atom. The minimum absolute atomic E-state index is 0. The predicted molar refractivity (Wildman–Crippen MR) is 128 cm³/mol. The van der Waals surface area contributed by atoms with Gasteiger partial charge >= 0.3 is 0 Å². The van der Waals surface area contributed by atoms with Crippen LogP contribution in [0.3, 0.4) is 0 Å². The summed E-state index contributed by atoms with van der Waals surface area (Å²) in [5.74, 6) is 2.26. The first kappa shape index (κ1) is 25.5. The van der Waals surface area contributed by atoms with Crippen molar-refractivity contribution in [2.75, 3.05) is 40.3 Å². The number of likely N-dealkylation sites (N-methyl/N-ethyl adjacent to an activating group) is 1. The topological polar surface area (TPSA) is 60.0 Å². The zero-order valence-corrected chi connectivity index (χ0v) is 20.9. The molecular formula is C21H42IN5O. The van der Waals surface area contributed by atoms with E-state index < -0.39 is 0 Å². The molecule has 0 bridgehead atoms. The Kier molecular flexibility index (Phi) is 11.7. The molecule has 1 aliphatic heterocycles. The number of halogens is 1. The fourth-order valence-corrected chi connectivity index (χ4v) is 3.91. The number of hydrogen-bond acceptors (Lipinski definition) is 3. The molecule has 2 rings (SSSR count). The highest BCUT2D eigenvalue weighted by Gasteiger charge is 2.28. The number of nitrogens with one attached hydrogen (secondary N) is 2. The Morgan fingerprint density at radius 1 is 1.11 bits per heavy atom.